The fourth-order valence-corrected chi connectivity index (χ4v) is 2.65. The van der Waals surface area contributed by atoms with E-state index in [0.29, 0.717) is 0 Å². The number of methoxy groups -OCH3 is 1. The molecule has 0 amide bonds. The Morgan fingerprint density at radius 3 is 2.84 bits per heavy atom. The van der Waals surface area contributed by atoms with Gasteiger partial charge in [0.15, 0.2) is 0 Å². The number of fused-ring (bicyclic) bond motifs is 1. The zero-order chi connectivity index (χ0) is 13.3. The van der Waals surface area contributed by atoms with Gasteiger partial charge in [-0.3, -0.25) is 4.98 Å². The van der Waals surface area contributed by atoms with Gasteiger partial charge >= 0.3 is 0 Å². The lowest BCUT2D eigenvalue weighted by Crippen LogP contribution is -2.45. The maximum atomic E-state index is 5.98. The highest BCUT2D eigenvalue weighted by molar-refractivity contribution is 6.00. The van der Waals surface area contributed by atoms with Crippen LogP contribution in [0, 0.1) is 0 Å². The quantitative estimate of drug-likeness (QED) is 0.827. The van der Waals surface area contributed by atoms with Gasteiger partial charge in [-0.2, -0.15) is 0 Å². The molecule has 0 aliphatic heterocycles. The molecular weight excluding hydrogens is 238 g/mol. The molecule has 100 valence electrons. The summed E-state index contributed by atoms with van der Waals surface area (Å²) in [6.45, 7) is 0.838. The molecule has 3 N–H and O–H groups in total. The van der Waals surface area contributed by atoms with Crippen LogP contribution in [0.5, 0.6) is 0 Å². The first-order valence-electron chi connectivity index (χ1n) is 6.65. The number of ether oxygens (including phenoxy) is 1. The summed E-state index contributed by atoms with van der Waals surface area (Å²) in [4.78, 5) is 4.13. The van der Waals surface area contributed by atoms with E-state index in [2.05, 4.69) is 10.3 Å². The fourth-order valence-electron chi connectivity index (χ4n) is 2.65. The van der Waals surface area contributed by atoms with Gasteiger partial charge in [0, 0.05) is 48.2 Å². The molecule has 1 aliphatic carbocycles. The molecule has 4 heteroatoms. The third-order valence-corrected chi connectivity index (χ3v) is 4.15. The second kappa shape index (κ2) is 4.70. The van der Waals surface area contributed by atoms with Crippen LogP contribution in [0.1, 0.15) is 19.3 Å². The van der Waals surface area contributed by atoms with Gasteiger partial charge in [0.1, 0.15) is 0 Å². The van der Waals surface area contributed by atoms with Crippen LogP contribution in [0.15, 0.2) is 30.6 Å². The van der Waals surface area contributed by atoms with Crippen molar-refractivity contribution in [2.75, 3.05) is 24.7 Å². The SMILES string of the molecule is COC1(CNc2ccc(N)c3cnccc23)CCC1. The zero-order valence-corrected chi connectivity index (χ0v) is 11.1. The van der Waals surface area contributed by atoms with E-state index in [1.807, 2.05) is 24.4 Å². The van der Waals surface area contributed by atoms with Crippen molar-refractivity contribution >= 4 is 22.1 Å². The minimum Gasteiger partial charge on any atom is -0.398 e. The molecule has 0 spiro atoms. The van der Waals surface area contributed by atoms with Crippen molar-refractivity contribution in [1.82, 2.24) is 4.98 Å². The molecule has 2 aromatic rings. The number of nitrogen functional groups attached to an aromatic ring is 1. The molecule has 1 aromatic heterocycles. The molecule has 1 aromatic carbocycles. The van der Waals surface area contributed by atoms with E-state index >= 15 is 0 Å². The van der Waals surface area contributed by atoms with Crippen molar-refractivity contribution < 1.29 is 4.74 Å². The molecule has 1 aliphatic rings. The average Bonchev–Trinajstić information content (AvgIpc) is 2.41. The molecule has 4 nitrogen and oxygen atoms in total. The van der Waals surface area contributed by atoms with Gasteiger partial charge in [-0.05, 0) is 37.5 Å². The van der Waals surface area contributed by atoms with E-state index in [1.54, 1.807) is 13.3 Å². The second-order valence-electron chi connectivity index (χ2n) is 5.22. The Kier molecular flexibility index (Phi) is 3.03. The first kappa shape index (κ1) is 12.2. The van der Waals surface area contributed by atoms with Crippen LogP contribution in [0.25, 0.3) is 10.8 Å². The van der Waals surface area contributed by atoms with Crippen molar-refractivity contribution in [3.63, 3.8) is 0 Å². The Hall–Kier alpha value is -1.81. The number of aromatic nitrogens is 1. The zero-order valence-electron chi connectivity index (χ0n) is 11.1. The van der Waals surface area contributed by atoms with E-state index in [0.717, 1.165) is 41.5 Å². The Bertz CT molecular complexity index is 587. The summed E-state index contributed by atoms with van der Waals surface area (Å²) in [5.74, 6) is 0. The Morgan fingerprint density at radius 2 is 2.16 bits per heavy atom. The van der Waals surface area contributed by atoms with E-state index in [9.17, 15) is 0 Å². The Morgan fingerprint density at radius 1 is 1.32 bits per heavy atom. The maximum absolute atomic E-state index is 5.98. The molecule has 1 heterocycles. The molecule has 1 saturated carbocycles. The van der Waals surface area contributed by atoms with Crippen molar-refractivity contribution in [2.24, 2.45) is 0 Å². The minimum absolute atomic E-state index is 0.0146. The van der Waals surface area contributed by atoms with Gasteiger partial charge < -0.3 is 15.8 Å². The molecule has 0 unspecified atom stereocenters. The molecule has 1 fully saturated rings. The van der Waals surface area contributed by atoms with Crippen molar-refractivity contribution in [2.45, 2.75) is 24.9 Å². The molecule has 0 bridgehead atoms. The van der Waals surface area contributed by atoms with Crippen LogP contribution < -0.4 is 11.1 Å². The fraction of sp³-hybridized carbons (Fsp3) is 0.400. The number of nitrogens with two attached hydrogens (primary N) is 1. The molecule has 3 rings (SSSR count). The highest BCUT2D eigenvalue weighted by atomic mass is 16.5. The summed E-state index contributed by atoms with van der Waals surface area (Å²) in [6.07, 6.45) is 7.12. The number of nitrogens with zero attached hydrogens (tertiary/aromatic N) is 1. The highest BCUT2D eigenvalue weighted by Gasteiger charge is 2.36. The number of pyridine rings is 1. The largest absolute Gasteiger partial charge is 0.398 e. The van der Waals surface area contributed by atoms with Crippen molar-refractivity contribution in [3.05, 3.63) is 30.6 Å². The van der Waals surface area contributed by atoms with Crippen LogP contribution >= 0.6 is 0 Å². The van der Waals surface area contributed by atoms with E-state index < -0.39 is 0 Å². The molecule has 0 radical (unpaired) electrons. The third kappa shape index (κ3) is 2.12. The second-order valence-corrected chi connectivity index (χ2v) is 5.22. The summed E-state index contributed by atoms with van der Waals surface area (Å²) >= 11 is 0. The van der Waals surface area contributed by atoms with E-state index in [-0.39, 0.29) is 5.60 Å². The number of hydrogen-bond donors (Lipinski definition) is 2. The summed E-state index contributed by atoms with van der Waals surface area (Å²) in [5, 5.41) is 5.61. The standard InChI is InChI=1S/C15H19N3O/c1-19-15(6-2-7-15)10-18-14-4-3-13(16)12-9-17-8-5-11(12)14/h3-5,8-9,18H,2,6-7,10,16H2,1H3. The molecule has 0 atom stereocenters. The topological polar surface area (TPSA) is 60.2 Å². The van der Waals surface area contributed by atoms with Gasteiger partial charge in [-0.15, -0.1) is 0 Å². The van der Waals surface area contributed by atoms with E-state index in [4.69, 9.17) is 10.5 Å². The van der Waals surface area contributed by atoms with E-state index in [1.165, 1.54) is 6.42 Å². The van der Waals surface area contributed by atoms with Crippen LogP contribution in [-0.2, 0) is 4.74 Å². The lowest BCUT2D eigenvalue weighted by molar-refractivity contribution is -0.0601. The number of nitrogens with one attached hydrogen (secondary N) is 1. The lowest BCUT2D eigenvalue weighted by atomic mass is 9.80. The Balaban J connectivity index is 1.87. The first-order chi connectivity index (χ1) is 9.24. The third-order valence-electron chi connectivity index (χ3n) is 4.15. The van der Waals surface area contributed by atoms with Crippen LogP contribution in [0.3, 0.4) is 0 Å². The molecule has 0 saturated heterocycles. The minimum atomic E-state index is 0.0146. The average molecular weight is 257 g/mol. The number of anilines is 2. The number of hydrogen-bond acceptors (Lipinski definition) is 4. The van der Waals surface area contributed by atoms with Gasteiger partial charge in [0.2, 0.25) is 0 Å². The Labute approximate surface area is 113 Å². The smallest absolute Gasteiger partial charge is 0.0850 e. The summed E-state index contributed by atoms with van der Waals surface area (Å²) in [5.41, 5.74) is 7.85. The summed E-state index contributed by atoms with van der Waals surface area (Å²) in [6, 6.07) is 5.95. The first-order valence-corrected chi connectivity index (χ1v) is 6.65. The van der Waals surface area contributed by atoms with Crippen LogP contribution in [0.2, 0.25) is 0 Å². The van der Waals surface area contributed by atoms with Gasteiger partial charge in [-0.25, -0.2) is 0 Å². The van der Waals surface area contributed by atoms with Crippen molar-refractivity contribution in [1.29, 1.82) is 0 Å². The molecular formula is C15H19N3O. The maximum Gasteiger partial charge on any atom is 0.0850 e. The normalized spacial score (nSPS) is 17.1. The van der Waals surface area contributed by atoms with Crippen molar-refractivity contribution in [3.8, 4) is 0 Å². The predicted octanol–water partition coefficient (Wildman–Crippen LogP) is 2.80. The highest BCUT2D eigenvalue weighted by Crippen LogP contribution is 2.36. The van der Waals surface area contributed by atoms with Gasteiger partial charge in [0.05, 0.1) is 5.60 Å². The van der Waals surface area contributed by atoms with Crippen LogP contribution in [-0.4, -0.2) is 24.2 Å². The monoisotopic (exact) mass is 257 g/mol. The number of benzene rings is 1. The van der Waals surface area contributed by atoms with Gasteiger partial charge in [-0.1, -0.05) is 0 Å². The van der Waals surface area contributed by atoms with Crippen LogP contribution in [0.4, 0.5) is 11.4 Å². The number of rotatable bonds is 4. The lowest BCUT2D eigenvalue weighted by Gasteiger charge is -2.40. The summed E-state index contributed by atoms with van der Waals surface area (Å²) in [7, 11) is 1.80. The molecule has 19 heavy (non-hydrogen) atoms. The summed E-state index contributed by atoms with van der Waals surface area (Å²) < 4.78 is 5.63. The van der Waals surface area contributed by atoms with Gasteiger partial charge in [0.25, 0.3) is 0 Å². The predicted molar refractivity (Wildman–Crippen MR) is 78.2 cm³/mol.